The van der Waals surface area contributed by atoms with Gasteiger partial charge >= 0.3 is 5.97 Å². The molecule has 0 saturated heterocycles. The minimum absolute atomic E-state index is 0.129. The number of hydrogen-bond acceptors (Lipinski definition) is 2. The minimum Gasteiger partial charge on any atom is -0.469 e. The van der Waals surface area contributed by atoms with Crippen LogP contribution in [0.5, 0.6) is 0 Å². The summed E-state index contributed by atoms with van der Waals surface area (Å²) in [4.78, 5) is 11.3. The van der Waals surface area contributed by atoms with Gasteiger partial charge in [-0.15, -0.1) is 0 Å². The fourth-order valence-corrected chi connectivity index (χ4v) is 3.13. The van der Waals surface area contributed by atoms with Crippen molar-refractivity contribution in [2.24, 2.45) is 0 Å². The zero-order chi connectivity index (χ0) is 13.0. The zero-order valence-corrected chi connectivity index (χ0v) is 12.3. The summed E-state index contributed by atoms with van der Waals surface area (Å²) in [5.41, 5.74) is 2.72. The smallest absolute Gasteiger partial charge is 0.305 e. The molecule has 0 amide bonds. The Morgan fingerprint density at radius 3 is 2.78 bits per heavy atom. The van der Waals surface area contributed by atoms with Gasteiger partial charge in [-0.3, -0.25) is 4.79 Å². The SMILES string of the molecule is COC(=O)CCc1ccc(Br)cc1C1CCCC1. The Labute approximate surface area is 117 Å². The third-order valence-corrected chi connectivity index (χ3v) is 4.22. The van der Waals surface area contributed by atoms with Crippen LogP contribution in [0, 0.1) is 0 Å². The summed E-state index contributed by atoms with van der Waals surface area (Å²) in [5, 5.41) is 0. The van der Waals surface area contributed by atoms with Crippen LogP contribution in [-0.2, 0) is 16.0 Å². The summed E-state index contributed by atoms with van der Waals surface area (Å²) in [5.74, 6) is 0.547. The lowest BCUT2D eigenvalue weighted by Crippen LogP contribution is -2.05. The highest BCUT2D eigenvalue weighted by Crippen LogP contribution is 2.37. The number of carbonyl (C=O) groups excluding carboxylic acids is 1. The molecule has 98 valence electrons. The second-order valence-corrected chi connectivity index (χ2v) is 5.82. The molecule has 1 aliphatic rings. The molecule has 0 radical (unpaired) electrons. The molecule has 2 rings (SSSR count). The predicted molar refractivity (Wildman–Crippen MR) is 75.7 cm³/mol. The van der Waals surface area contributed by atoms with Gasteiger partial charge in [-0.1, -0.05) is 34.8 Å². The maximum atomic E-state index is 11.3. The van der Waals surface area contributed by atoms with Crippen molar-refractivity contribution in [1.82, 2.24) is 0 Å². The molecule has 18 heavy (non-hydrogen) atoms. The predicted octanol–water partition coefficient (Wildman–Crippen LogP) is 4.21. The summed E-state index contributed by atoms with van der Waals surface area (Å²) in [6.07, 6.45) is 6.47. The highest BCUT2D eigenvalue weighted by Gasteiger charge is 2.20. The molecule has 0 atom stereocenters. The third kappa shape index (κ3) is 3.35. The van der Waals surface area contributed by atoms with Crippen molar-refractivity contribution in [2.45, 2.75) is 44.4 Å². The van der Waals surface area contributed by atoms with Gasteiger partial charge in [0.05, 0.1) is 7.11 Å². The normalized spacial score (nSPS) is 15.9. The molecule has 1 aromatic rings. The van der Waals surface area contributed by atoms with Crippen LogP contribution in [0.1, 0.15) is 49.1 Å². The lowest BCUT2D eigenvalue weighted by molar-refractivity contribution is -0.140. The van der Waals surface area contributed by atoms with Crippen LogP contribution in [0.15, 0.2) is 22.7 Å². The van der Waals surface area contributed by atoms with Gasteiger partial charge in [0, 0.05) is 10.9 Å². The minimum atomic E-state index is -0.129. The molecule has 1 saturated carbocycles. The van der Waals surface area contributed by atoms with Crippen molar-refractivity contribution in [3.05, 3.63) is 33.8 Å². The van der Waals surface area contributed by atoms with E-state index in [1.807, 2.05) is 0 Å². The maximum Gasteiger partial charge on any atom is 0.305 e. The van der Waals surface area contributed by atoms with E-state index in [1.165, 1.54) is 43.9 Å². The molecule has 0 spiro atoms. The number of rotatable bonds is 4. The van der Waals surface area contributed by atoms with Crippen LogP contribution in [0.4, 0.5) is 0 Å². The van der Waals surface area contributed by atoms with Gasteiger partial charge in [-0.25, -0.2) is 0 Å². The fourth-order valence-electron chi connectivity index (χ4n) is 2.75. The number of hydrogen-bond donors (Lipinski definition) is 0. The van der Waals surface area contributed by atoms with E-state index in [-0.39, 0.29) is 5.97 Å². The van der Waals surface area contributed by atoms with E-state index in [9.17, 15) is 4.79 Å². The maximum absolute atomic E-state index is 11.3. The molecule has 0 aliphatic heterocycles. The van der Waals surface area contributed by atoms with E-state index in [1.54, 1.807) is 0 Å². The van der Waals surface area contributed by atoms with Gasteiger partial charge in [-0.2, -0.15) is 0 Å². The van der Waals surface area contributed by atoms with Crippen LogP contribution in [0.2, 0.25) is 0 Å². The van der Waals surface area contributed by atoms with E-state index in [0.29, 0.717) is 12.3 Å². The average molecular weight is 311 g/mol. The average Bonchev–Trinajstić information content (AvgIpc) is 2.90. The second-order valence-electron chi connectivity index (χ2n) is 4.90. The summed E-state index contributed by atoms with van der Waals surface area (Å²) in [6, 6.07) is 6.42. The number of halogens is 1. The summed E-state index contributed by atoms with van der Waals surface area (Å²) in [7, 11) is 1.45. The van der Waals surface area contributed by atoms with Gasteiger partial charge in [-0.05, 0) is 48.4 Å². The first-order valence-corrected chi connectivity index (χ1v) is 7.35. The van der Waals surface area contributed by atoms with Crippen LogP contribution in [0.25, 0.3) is 0 Å². The first-order chi connectivity index (χ1) is 8.70. The lowest BCUT2D eigenvalue weighted by Gasteiger charge is -2.15. The quantitative estimate of drug-likeness (QED) is 0.779. The molecule has 1 aromatic carbocycles. The largest absolute Gasteiger partial charge is 0.469 e. The molecule has 2 nitrogen and oxygen atoms in total. The topological polar surface area (TPSA) is 26.3 Å². The molecular formula is C15H19BrO2. The van der Waals surface area contributed by atoms with Crippen LogP contribution < -0.4 is 0 Å². The second kappa shape index (κ2) is 6.37. The van der Waals surface area contributed by atoms with Crippen molar-refractivity contribution in [3.8, 4) is 0 Å². The zero-order valence-electron chi connectivity index (χ0n) is 10.7. The van der Waals surface area contributed by atoms with Crippen LogP contribution in [0.3, 0.4) is 0 Å². The van der Waals surface area contributed by atoms with Gasteiger partial charge < -0.3 is 4.74 Å². The first kappa shape index (κ1) is 13.6. The molecule has 0 heterocycles. The molecule has 0 aromatic heterocycles. The number of ether oxygens (including phenoxy) is 1. The van der Waals surface area contributed by atoms with E-state index in [0.717, 1.165) is 10.9 Å². The Bertz CT molecular complexity index is 423. The van der Waals surface area contributed by atoms with Crippen molar-refractivity contribution in [1.29, 1.82) is 0 Å². The summed E-state index contributed by atoms with van der Waals surface area (Å²) in [6.45, 7) is 0. The Balaban J connectivity index is 2.14. The number of carbonyl (C=O) groups is 1. The summed E-state index contributed by atoms with van der Waals surface area (Å²) < 4.78 is 5.84. The Kier molecular flexibility index (Phi) is 4.81. The molecule has 0 bridgehead atoms. The molecule has 1 fully saturated rings. The Morgan fingerprint density at radius 2 is 2.11 bits per heavy atom. The van der Waals surface area contributed by atoms with Crippen molar-refractivity contribution in [2.75, 3.05) is 7.11 Å². The number of methoxy groups -OCH3 is 1. The Hall–Kier alpha value is -0.830. The number of aryl methyl sites for hydroxylation is 1. The van der Waals surface area contributed by atoms with Gasteiger partial charge in [0.15, 0.2) is 0 Å². The van der Waals surface area contributed by atoms with E-state index < -0.39 is 0 Å². The van der Waals surface area contributed by atoms with Crippen LogP contribution >= 0.6 is 15.9 Å². The molecule has 3 heteroatoms. The monoisotopic (exact) mass is 310 g/mol. The third-order valence-electron chi connectivity index (χ3n) is 3.73. The van der Waals surface area contributed by atoms with Gasteiger partial charge in [0.1, 0.15) is 0 Å². The molecule has 0 unspecified atom stereocenters. The fraction of sp³-hybridized carbons (Fsp3) is 0.533. The molecule has 0 N–H and O–H groups in total. The standard InChI is InChI=1S/C15H19BrO2/c1-18-15(17)9-7-12-6-8-13(16)10-14(12)11-4-2-3-5-11/h6,8,10-11H,2-5,7,9H2,1H3. The van der Waals surface area contributed by atoms with E-state index in [2.05, 4.69) is 34.1 Å². The van der Waals surface area contributed by atoms with Crippen molar-refractivity contribution >= 4 is 21.9 Å². The first-order valence-electron chi connectivity index (χ1n) is 6.56. The number of benzene rings is 1. The molecular weight excluding hydrogens is 292 g/mol. The van der Waals surface area contributed by atoms with Gasteiger partial charge in [0.2, 0.25) is 0 Å². The Morgan fingerprint density at radius 1 is 1.39 bits per heavy atom. The van der Waals surface area contributed by atoms with Crippen molar-refractivity contribution < 1.29 is 9.53 Å². The highest BCUT2D eigenvalue weighted by molar-refractivity contribution is 9.10. The van der Waals surface area contributed by atoms with E-state index >= 15 is 0 Å². The lowest BCUT2D eigenvalue weighted by atomic mass is 9.91. The van der Waals surface area contributed by atoms with Crippen LogP contribution in [-0.4, -0.2) is 13.1 Å². The van der Waals surface area contributed by atoms with Gasteiger partial charge in [0.25, 0.3) is 0 Å². The number of esters is 1. The molecule has 1 aliphatic carbocycles. The summed E-state index contributed by atoms with van der Waals surface area (Å²) >= 11 is 3.55. The van der Waals surface area contributed by atoms with E-state index in [4.69, 9.17) is 4.74 Å². The highest BCUT2D eigenvalue weighted by atomic mass is 79.9. The van der Waals surface area contributed by atoms with Crippen molar-refractivity contribution in [3.63, 3.8) is 0 Å².